The summed E-state index contributed by atoms with van der Waals surface area (Å²) < 4.78 is 2.00. The van der Waals surface area contributed by atoms with Crippen molar-refractivity contribution in [3.8, 4) is 0 Å². The molecule has 1 aromatic heterocycles. The third-order valence-corrected chi connectivity index (χ3v) is 5.21. The van der Waals surface area contributed by atoms with Crippen LogP contribution in [0.2, 0.25) is 0 Å². The third-order valence-electron chi connectivity index (χ3n) is 4.37. The number of carbonyl (C=O) groups is 5. The number of nitrogens with two attached hydrogens (primary N) is 1. The lowest BCUT2D eigenvalue weighted by molar-refractivity contribution is -0.140. The van der Waals surface area contributed by atoms with E-state index < -0.39 is 42.4 Å². The second-order valence-corrected chi connectivity index (χ2v) is 7.89. The van der Waals surface area contributed by atoms with E-state index in [9.17, 15) is 29.1 Å². The van der Waals surface area contributed by atoms with E-state index in [2.05, 4.69) is 26.3 Å². The Morgan fingerprint density at radius 3 is 2.15 bits per heavy atom. The molecular weight excluding hydrogens is 557 g/mol. The van der Waals surface area contributed by atoms with Crippen LogP contribution in [0.25, 0.3) is 0 Å². The van der Waals surface area contributed by atoms with Crippen LogP contribution in [0.15, 0.2) is 0 Å². The van der Waals surface area contributed by atoms with E-state index in [-0.39, 0.29) is 38.4 Å². The number of nitrogens with zero attached hydrogens (tertiary/aromatic N) is 3. The number of urea groups is 1. The van der Waals surface area contributed by atoms with Crippen molar-refractivity contribution in [1.82, 2.24) is 30.9 Å². The predicted octanol–water partition coefficient (Wildman–Crippen LogP) is -1.30. The molecule has 1 rings (SSSR count). The normalized spacial score (nSPS) is 12.4. The molecule has 0 saturated heterocycles. The van der Waals surface area contributed by atoms with Gasteiger partial charge in [-0.3, -0.25) is 9.59 Å². The van der Waals surface area contributed by atoms with E-state index in [0.717, 1.165) is 0 Å². The molecule has 1 aromatic rings. The number of carboxylic acid groups (broad SMARTS) is 3. The summed E-state index contributed by atoms with van der Waals surface area (Å²) in [5, 5.41) is 41.5. The van der Waals surface area contributed by atoms with Gasteiger partial charge in [-0.2, -0.15) is 0 Å². The van der Waals surface area contributed by atoms with E-state index in [4.69, 9.17) is 15.9 Å². The quantitative estimate of drug-likeness (QED) is 0.0946. The maximum absolute atomic E-state index is 12.0. The van der Waals surface area contributed by atoms with Gasteiger partial charge in [0.25, 0.3) is 0 Å². The maximum atomic E-state index is 12.0. The Morgan fingerprint density at radius 2 is 1.61 bits per heavy atom. The number of unbranched alkanes of at least 4 members (excludes halogenated alkanes) is 1. The fourth-order valence-electron chi connectivity index (χ4n) is 2.66. The van der Waals surface area contributed by atoms with E-state index in [0.29, 0.717) is 22.2 Å². The molecule has 16 heteroatoms. The zero-order chi connectivity index (χ0) is 25.0. The number of amides is 3. The van der Waals surface area contributed by atoms with Crippen molar-refractivity contribution in [2.75, 3.05) is 6.54 Å². The first-order valence-electron chi connectivity index (χ1n) is 9.84. The van der Waals surface area contributed by atoms with Gasteiger partial charge in [-0.1, -0.05) is 5.21 Å². The Bertz CT molecular complexity index is 862. The molecule has 0 aliphatic carbocycles. The Kier molecular flexibility index (Phi) is 12.0. The monoisotopic (exact) mass is 583 g/mol. The molecular formula is C17H26IN7O8. The Balaban J connectivity index is 2.40. The first kappa shape index (κ1) is 28.0. The van der Waals surface area contributed by atoms with Crippen LogP contribution in [0.3, 0.4) is 0 Å². The van der Waals surface area contributed by atoms with Crippen LogP contribution >= 0.6 is 22.6 Å². The maximum Gasteiger partial charge on any atom is 0.326 e. The third kappa shape index (κ3) is 10.4. The lowest BCUT2D eigenvalue weighted by atomic mass is 10.1. The standard InChI is InChI=1S/C17H26IN7O8/c18-14-11(7-19)25(24-23-14)8-12(26)20-6-2-1-3-9(15(29)30)21-17(33)22-10(16(31)32)4-5-13(27)28/h9-10H,1-8,19H2,(H,20,26)(H,27,28)(H,29,30)(H,31,32)(H2,21,22,33)/t9-,10-/m0/s1. The number of aliphatic carboxylic acids is 3. The SMILES string of the molecule is NCc1c(I)nnn1CC(=O)NCCCC[C@H](NC(=O)N[C@@H](CCC(=O)O)C(=O)O)C(=O)O. The first-order valence-corrected chi connectivity index (χ1v) is 10.9. The minimum Gasteiger partial charge on any atom is -0.481 e. The van der Waals surface area contributed by atoms with Crippen molar-refractivity contribution in [2.45, 2.75) is 57.3 Å². The average Bonchev–Trinajstić information content (AvgIpc) is 3.08. The molecule has 2 atom stereocenters. The lowest BCUT2D eigenvalue weighted by Gasteiger charge is -2.18. The van der Waals surface area contributed by atoms with Gasteiger partial charge in [0.2, 0.25) is 5.91 Å². The Hall–Kier alpha value is -3.02. The fraction of sp³-hybridized carbons (Fsp3) is 0.588. The number of halogens is 1. The van der Waals surface area contributed by atoms with Crippen LogP contribution in [0.1, 0.15) is 37.8 Å². The Morgan fingerprint density at radius 1 is 1.00 bits per heavy atom. The minimum atomic E-state index is -1.47. The van der Waals surface area contributed by atoms with Gasteiger partial charge in [-0.05, 0) is 48.3 Å². The minimum absolute atomic E-state index is 0.0318. The van der Waals surface area contributed by atoms with Crippen LogP contribution in [0.5, 0.6) is 0 Å². The van der Waals surface area contributed by atoms with E-state index >= 15 is 0 Å². The van der Waals surface area contributed by atoms with Gasteiger partial charge in [-0.25, -0.2) is 19.1 Å². The summed E-state index contributed by atoms with van der Waals surface area (Å²) in [4.78, 5) is 57.0. The molecule has 184 valence electrons. The van der Waals surface area contributed by atoms with E-state index in [1.165, 1.54) is 4.68 Å². The molecule has 0 saturated carbocycles. The summed E-state index contributed by atoms with van der Waals surface area (Å²) in [6.45, 7) is 0.383. The number of nitrogens with one attached hydrogen (secondary N) is 3. The molecule has 1 heterocycles. The predicted molar refractivity (Wildman–Crippen MR) is 119 cm³/mol. The smallest absolute Gasteiger partial charge is 0.326 e. The summed E-state index contributed by atoms with van der Waals surface area (Å²) in [5.74, 6) is -4.30. The highest BCUT2D eigenvalue weighted by atomic mass is 127. The number of hydrogen-bond acceptors (Lipinski definition) is 8. The molecule has 0 unspecified atom stereocenters. The molecule has 0 radical (unpaired) electrons. The van der Waals surface area contributed by atoms with Crippen LogP contribution in [0, 0.1) is 3.70 Å². The summed E-state index contributed by atoms with van der Waals surface area (Å²) in [6, 6.07) is -3.80. The number of carboxylic acids is 3. The summed E-state index contributed by atoms with van der Waals surface area (Å²) in [5.41, 5.74) is 6.23. The Labute approximate surface area is 201 Å². The van der Waals surface area contributed by atoms with Crippen molar-refractivity contribution in [2.24, 2.45) is 5.73 Å². The molecule has 0 fully saturated rings. The molecule has 8 N–H and O–H groups in total. The first-order chi connectivity index (χ1) is 15.5. The molecule has 3 amide bonds. The largest absolute Gasteiger partial charge is 0.481 e. The van der Waals surface area contributed by atoms with Gasteiger partial charge in [0.15, 0.2) is 0 Å². The van der Waals surface area contributed by atoms with Gasteiger partial charge in [0.05, 0.1) is 5.69 Å². The van der Waals surface area contributed by atoms with Crippen LogP contribution in [-0.4, -0.2) is 78.8 Å². The van der Waals surface area contributed by atoms with Gasteiger partial charge >= 0.3 is 23.9 Å². The van der Waals surface area contributed by atoms with E-state index in [1.807, 2.05) is 22.6 Å². The second kappa shape index (κ2) is 14.2. The number of carbonyl (C=O) groups excluding carboxylic acids is 2. The number of aromatic nitrogens is 3. The summed E-state index contributed by atoms with van der Waals surface area (Å²) >= 11 is 1.96. The number of rotatable bonds is 15. The molecule has 0 spiro atoms. The van der Waals surface area contributed by atoms with Crippen LogP contribution in [0.4, 0.5) is 4.79 Å². The highest BCUT2D eigenvalue weighted by Gasteiger charge is 2.24. The van der Waals surface area contributed by atoms with Gasteiger partial charge in [0, 0.05) is 19.5 Å². The van der Waals surface area contributed by atoms with E-state index in [1.54, 1.807) is 0 Å². The van der Waals surface area contributed by atoms with Gasteiger partial charge in [0.1, 0.15) is 22.3 Å². The fourth-order valence-corrected chi connectivity index (χ4v) is 3.26. The van der Waals surface area contributed by atoms with Crippen molar-refractivity contribution in [1.29, 1.82) is 0 Å². The van der Waals surface area contributed by atoms with Crippen LogP contribution < -0.4 is 21.7 Å². The topological polar surface area (TPSA) is 239 Å². The average molecular weight is 583 g/mol. The zero-order valence-corrected chi connectivity index (χ0v) is 19.6. The van der Waals surface area contributed by atoms with Gasteiger partial charge < -0.3 is 37.0 Å². The summed E-state index contributed by atoms with van der Waals surface area (Å²) in [6.07, 6.45) is -0.0306. The summed E-state index contributed by atoms with van der Waals surface area (Å²) in [7, 11) is 0. The molecule has 0 aliphatic heterocycles. The molecule has 33 heavy (non-hydrogen) atoms. The lowest BCUT2D eigenvalue weighted by Crippen LogP contribution is -2.51. The molecule has 0 aliphatic rings. The highest BCUT2D eigenvalue weighted by molar-refractivity contribution is 14.1. The van der Waals surface area contributed by atoms with Crippen LogP contribution in [-0.2, 0) is 32.3 Å². The zero-order valence-electron chi connectivity index (χ0n) is 17.5. The second-order valence-electron chi connectivity index (χ2n) is 6.87. The highest BCUT2D eigenvalue weighted by Crippen LogP contribution is 2.07. The molecule has 0 aromatic carbocycles. The van der Waals surface area contributed by atoms with Crippen molar-refractivity contribution in [3.05, 3.63) is 9.39 Å². The van der Waals surface area contributed by atoms with Crippen molar-refractivity contribution >= 4 is 52.4 Å². The number of hydrogen-bond donors (Lipinski definition) is 7. The van der Waals surface area contributed by atoms with Crippen molar-refractivity contribution < 1.29 is 39.3 Å². The van der Waals surface area contributed by atoms with Crippen molar-refractivity contribution in [3.63, 3.8) is 0 Å². The molecule has 0 bridgehead atoms. The van der Waals surface area contributed by atoms with Gasteiger partial charge in [-0.15, -0.1) is 5.10 Å². The molecule has 15 nitrogen and oxygen atoms in total.